The van der Waals surface area contributed by atoms with E-state index in [1.165, 1.54) is 0 Å². The van der Waals surface area contributed by atoms with Gasteiger partial charge in [-0.25, -0.2) is 9.59 Å². The van der Waals surface area contributed by atoms with E-state index in [0.29, 0.717) is 48.9 Å². The normalized spacial score (nSPS) is 20.2. The van der Waals surface area contributed by atoms with E-state index >= 15 is 0 Å². The van der Waals surface area contributed by atoms with Gasteiger partial charge >= 0.3 is 18.2 Å². The van der Waals surface area contributed by atoms with Crippen LogP contribution in [0.5, 0.6) is 0 Å². The number of nitrogens with zero attached hydrogens (tertiary/aromatic N) is 1. The van der Waals surface area contributed by atoms with Gasteiger partial charge in [0, 0.05) is 38.6 Å². The smallest absolute Gasteiger partial charge is 0.475 e. The standard InChI is InChI=1S/C30H39Cl2N5O3.C2HF3O2/c1-2-34-28(39)30(18-21-8-4-3-5-9-21)13-7-15-37(20-30)27(38)26(17-22-11-12-24(31)25(32)16-22)36-29(40)35-23-10-6-14-33-19-23;3-2(4,5)1(6)7/h3-5,8-9,11-12,16,23,26,33H,2,6-7,10,13-15,17-20H2,1H3,(H,34,39)(H2,35,36,40);(H,6,7). The van der Waals surface area contributed by atoms with E-state index in [-0.39, 0.29) is 36.9 Å². The topological polar surface area (TPSA) is 140 Å². The van der Waals surface area contributed by atoms with E-state index in [4.69, 9.17) is 33.1 Å². The van der Waals surface area contributed by atoms with Crippen LogP contribution in [0.3, 0.4) is 0 Å². The largest absolute Gasteiger partial charge is 0.490 e. The molecule has 5 N–H and O–H groups in total. The zero-order chi connectivity index (χ0) is 34.6. The first-order valence-electron chi connectivity index (χ1n) is 15.4. The number of carboxylic acid groups (broad SMARTS) is 1. The Kier molecular flexibility index (Phi) is 14.2. The number of benzene rings is 2. The molecule has 10 nitrogen and oxygen atoms in total. The Labute approximate surface area is 281 Å². The van der Waals surface area contributed by atoms with E-state index in [2.05, 4.69) is 21.3 Å². The van der Waals surface area contributed by atoms with Crippen LogP contribution in [0, 0.1) is 5.41 Å². The molecule has 2 aromatic rings. The third-order valence-corrected chi connectivity index (χ3v) is 8.73. The zero-order valence-electron chi connectivity index (χ0n) is 26.0. The highest BCUT2D eigenvalue weighted by molar-refractivity contribution is 6.42. The summed E-state index contributed by atoms with van der Waals surface area (Å²) in [7, 11) is 0. The second-order valence-corrected chi connectivity index (χ2v) is 12.4. The molecular weight excluding hydrogens is 662 g/mol. The van der Waals surface area contributed by atoms with Gasteiger partial charge < -0.3 is 31.3 Å². The number of nitrogens with one attached hydrogen (secondary N) is 4. The highest BCUT2D eigenvalue weighted by atomic mass is 35.5. The van der Waals surface area contributed by atoms with Crippen molar-refractivity contribution in [2.75, 3.05) is 32.7 Å². The Morgan fingerprint density at radius 2 is 1.77 bits per heavy atom. The van der Waals surface area contributed by atoms with Crippen molar-refractivity contribution in [1.29, 1.82) is 0 Å². The maximum Gasteiger partial charge on any atom is 0.490 e. The number of alkyl halides is 3. The van der Waals surface area contributed by atoms with Crippen molar-refractivity contribution in [2.24, 2.45) is 5.41 Å². The molecule has 2 saturated heterocycles. The molecule has 2 fully saturated rings. The van der Waals surface area contributed by atoms with Gasteiger partial charge in [0.15, 0.2) is 0 Å². The highest BCUT2D eigenvalue weighted by Gasteiger charge is 2.44. The van der Waals surface area contributed by atoms with Crippen LogP contribution < -0.4 is 21.3 Å². The minimum absolute atomic E-state index is 0.000673. The first-order chi connectivity index (χ1) is 22.2. The van der Waals surface area contributed by atoms with Gasteiger partial charge in [0.2, 0.25) is 11.8 Å². The Hall–Kier alpha value is -3.55. The van der Waals surface area contributed by atoms with Crippen LogP contribution in [0.2, 0.25) is 10.0 Å². The number of carboxylic acids is 1. The lowest BCUT2D eigenvalue weighted by molar-refractivity contribution is -0.192. The molecule has 2 aliphatic rings. The molecule has 3 atom stereocenters. The monoisotopic (exact) mass is 701 g/mol. The summed E-state index contributed by atoms with van der Waals surface area (Å²) in [4.78, 5) is 51.2. The van der Waals surface area contributed by atoms with Crippen molar-refractivity contribution in [3.05, 3.63) is 69.7 Å². The maximum atomic E-state index is 14.1. The highest BCUT2D eigenvalue weighted by Crippen LogP contribution is 2.35. The lowest BCUT2D eigenvalue weighted by atomic mass is 9.74. The number of rotatable bonds is 9. The predicted molar refractivity (Wildman–Crippen MR) is 172 cm³/mol. The molecule has 0 aromatic heterocycles. The third kappa shape index (κ3) is 11.6. The molecular formula is C32H40Cl2F3N5O5. The molecule has 2 aromatic carbocycles. The van der Waals surface area contributed by atoms with Gasteiger partial charge in [0.25, 0.3) is 0 Å². The number of hydrogen-bond donors (Lipinski definition) is 5. The van der Waals surface area contributed by atoms with E-state index in [1.54, 1.807) is 17.0 Å². The quantitative estimate of drug-likeness (QED) is 0.260. The number of halogens is 5. The zero-order valence-corrected chi connectivity index (χ0v) is 27.5. The molecule has 0 saturated carbocycles. The molecule has 0 bridgehead atoms. The number of aliphatic carboxylic acids is 1. The fourth-order valence-electron chi connectivity index (χ4n) is 5.75. The summed E-state index contributed by atoms with van der Waals surface area (Å²) in [5, 5.41) is 20.2. The molecule has 258 valence electrons. The Morgan fingerprint density at radius 1 is 1.06 bits per heavy atom. The van der Waals surface area contributed by atoms with E-state index < -0.39 is 23.6 Å². The van der Waals surface area contributed by atoms with Gasteiger partial charge in [-0.3, -0.25) is 9.59 Å². The number of carbonyl (C=O) groups excluding carboxylic acids is 3. The van der Waals surface area contributed by atoms with Gasteiger partial charge in [-0.2, -0.15) is 13.2 Å². The molecule has 2 aliphatic heterocycles. The van der Waals surface area contributed by atoms with Gasteiger partial charge in [-0.05, 0) is 68.8 Å². The van der Waals surface area contributed by atoms with Crippen molar-refractivity contribution >= 4 is 47.0 Å². The lowest BCUT2D eigenvalue weighted by Gasteiger charge is -2.43. The van der Waals surface area contributed by atoms with Gasteiger partial charge in [0.1, 0.15) is 6.04 Å². The van der Waals surface area contributed by atoms with Crippen LogP contribution in [0.25, 0.3) is 0 Å². The molecule has 0 spiro atoms. The third-order valence-electron chi connectivity index (χ3n) is 7.99. The Bertz CT molecular complexity index is 1380. The van der Waals surface area contributed by atoms with Gasteiger partial charge in [-0.1, -0.05) is 59.6 Å². The van der Waals surface area contributed by atoms with Crippen molar-refractivity contribution < 1.29 is 37.5 Å². The van der Waals surface area contributed by atoms with Crippen LogP contribution in [-0.4, -0.2) is 84.8 Å². The summed E-state index contributed by atoms with van der Waals surface area (Å²) in [6.45, 7) is 4.84. The fraction of sp³-hybridized carbons (Fsp3) is 0.500. The summed E-state index contributed by atoms with van der Waals surface area (Å²) < 4.78 is 31.7. The van der Waals surface area contributed by atoms with E-state index in [0.717, 1.165) is 30.5 Å². The average Bonchev–Trinajstić information content (AvgIpc) is 3.03. The van der Waals surface area contributed by atoms with Crippen molar-refractivity contribution in [3.8, 4) is 0 Å². The summed E-state index contributed by atoms with van der Waals surface area (Å²) in [6.07, 6.45) is -1.08. The van der Waals surface area contributed by atoms with Crippen LogP contribution in [0.4, 0.5) is 18.0 Å². The van der Waals surface area contributed by atoms with Gasteiger partial charge in [-0.15, -0.1) is 0 Å². The molecule has 15 heteroatoms. The number of piperidine rings is 2. The summed E-state index contributed by atoms with van der Waals surface area (Å²) in [6, 6.07) is 13.9. The second-order valence-electron chi connectivity index (χ2n) is 11.6. The number of likely N-dealkylation sites (tertiary alicyclic amines) is 1. The number of carbonyl (C=O) groups is 4. The van der Waals surface area contributed by atoms with Crippen molar-refractivity contribution in [2.45, 2.75) is 63.7 Å². The van der Waals surface area contributed by atoms with Crippen LogP contribution >= 0.6 is 23.2 Å². The molecule has 0 aliphatic carbocycles. The molecule has 4 amide bonds. The molecule has 3 unspecified atom stereocenters. The van der Waals surface area contributed by atoms with E-state index in [9.17, 15) is 27.6 Å². The lowest BCUT2D eigenvalue weighted by Crippen LogP contribution is -2.59. The molecule has 2 heterocycles. The number of hydrogen-bond acceptors (Lipinski definition) is 5. The first-order valence-corrected chi connectivity index (χ1v) is 16.1. The minimum Gasteiger partial charge on any atom is -0.475 e. The SMILES string of the molecule is CCNC(=O)C1(Cc2ccccc2)CCCN(C(=O)C(Cc2ccc(Cl)c(Cl)c2)NC(=O)NC2CCCNC2)C1.O=C(O)C(F)(F)F. The fourth-order valence-corrected chi connectivity index (χ4v) is 6.07. The number of amides is 4. The summed E-state index contributed by atoms with van der Waals surface area (Å²) >= 11 is 12.4. The molecule has 4 rings (SSSR count). The average molecular weight is 703 g/mol. The molecule has 0 radical (unpaired) electrons. The maximum absolute atomic E-state index is 14.1. The van der Waals surface area contributed by atoms with Crippen molar-refractivity contribution in [3.63, 3.8) is 0 Å². The Balaban J connectivity index is 0.000000771. The van der Waals surface area contributed by atoms with Gasteiger partial charge in [0.05, 0.1) is 15.5 Å². The van der Waals surface area contributed by atoms with Crippen LogP contribution in [0.1, 0.15) is 43.7 Å². The first kappa shape index (κ1) is 37.9. The molecule has 47 heavy (non-hydrogen) atoms. The second kappa shape index (κ2) is 17.6. The van der Waals surface area contributed by atoms with Crippen LogP contribution in [-0.2, 0) is 27.2 Å². The minimum atomic E-state index is -5.08. The predicted octanol–water partition coefficient (Wildman–Crippen LogP) is 4.58. The van der Waals surface area contributed by atoms with E-state index in [1.807, 2.05) is 43.3 Å². The van der Waals surface area contributed by atoms with Crippen LogP contribution in [0.15, 0.2) is 48.5 Å². The Morgan fingerprint density at radius 3 is 2.36 bits per heavy atom. The van der Waals surface area contributed by atoms with Crippen molar-refractivity contribution in [1.82, 2.24) is 26.2 Å². The summed E-state index contributed by atoms with van der Waals surface area (Å²) in [5.74, 6) is -3.02. The summed E-state index contributed by atoms with van der Waals surface area (Å²) in [5.41, 5.74) is 1.08. The number of urea groups is 1.